The summed E-state index contributed by atoms with van der Waals surface area (Å²) in [6.07, 6.45) is 1.62. The van der Waals surface area contributed by atoms with Gasteiger partial charge in [0.2, 0.25) is 0 Å². The minimum atomic E-state index is -0.563. The number of amides is 1. The highest BCUT2D eigenvalue weighted by atomic mass is 79.9. The normalized spacial score (nSPS) is 10.2. The molecule has 5 nitrogen and oxygen atoms in total. The Labute approximate surface area is 130 Å². The summed E-state index contributed by atoms with van der Waals surface area (Å²) >= 11 is 3.22. The van der Waals surface area contributed by atoms with E-state index in [4.69, 9.17) is 4.74 Å². The van der Waals surface area contributed by atoms with Gasteiger partial charge in [-0.05, 0) is 40.0 Å². The summed E-state index contributed by atoms with van der Waals surface area (Å²) in [6, 6.07) is 9.37. The molecule has 0 spiro atoms. The van der Waals surface area contributed by atoms with E-state index < -0.39 is 5.97 Å². The number of aryl methyl sites for hydroxylation is 1. The Balaban J connectivity index is 1.78. The van der Waals surface area contributed by atoms with Gasteiger partial charge in [0.05, 0.1) is 0 Å². The number of carbonyl (C=O) groups excluding carboxylic acids is 2. The third-order valence-corrected chi connectivity index (χ3v) is 3.40. The number of aromatic nitrogens is 1. The molecule has 0 saturated carbocycles. The molecule has 0 bridgehead atoms. The second-order valence-corrected chi connectivity index (χ2v) is 5.43. The van der Waals surface area contributed by atoms with Gasteiger partial charge in [-0.15, -0.1) is 0 Å². The second kappa shape index (κ2) is 7.08. The van der Waals surface area contributed by atoms with Crippen LogP contribution < -0.4 is 5.32 Å². The minimum absolute atomic E-state index is 0.300. The molecule has 1 amide bonds. The minimum Gasteiger partial charge on any atom is -0.451 e. The molecule has 2 rings (SSSR count). The van der Waals surface area contributed by atoms with Crippen molar-refractivity contribution in [1.82, 2.24) is 10.3 Å². The smallest absolute Gasteiger partial charge is 0.355 e. The zero-order valence-electron chi connectivity index (χ0n) is 11.5. The predicted octanol–water partition coefficient (Wildman–Crippen LogP) is 2.56. The number of esters is 1. The number of benzene rings is 1. The van der Waals surface area contributed by atoms with Crippen molar-refractivity contribution < 1.29 is 14.3 Å². The van der Waals surface area contributed by atoms with Crippen LogP contribution in [-0.4, -0.2) is 23.5 Å². The molecular formula is C15H15BrN2O3. The van der Waals surface area contributed by atoms with E-state index in [0.29, 0.717) is 12.2 Å². The van der Waals surface area contributed by atoms with Crippen LogP contribution in [0, 0.1) is 6.92 Å². The molecule has 0 fully saturated rings. The van der Waals surface area contributed by atoms with E-state index in [1.54, 1.807) is 12.3 Å². The van der Waals surface area contributed by atoms with Gasteiger partial charge in [-0.25, -0.2) is 4.79 Å². The van der Waals surface area contributed by atoms with Crippen molar-refractivity contribution in [1.29, 1.82) is 0 Å². The van der Waals surface area contributed by atoms with Gasteiger partial charge in [-0.3, -0.25) is 4.79 Å². The lowest BCUT2D eigenvalue weighted by Gasteiger charge is -2.08. The van der Waals surface area contributed by atoms with Gasteiger partial charge < -0.3 is 15.0 Å². The molecule has 0 unspecified atom stereocenters. The van der Waals surface area contributed by atoms with Crippen LogP contribution in [0.2, 0.25) is 0 Å². The van der Waals surface area contributed by atoms with Crippen LogP contribution >= 0.6 is 15.9 Å². The fourth-order valence-electron chi connectivity index (χ4n) is 1.75. The summed E-state index contributed by atoms with van der Waals surface area (Å²) in [5.41, 5.74) is 2.44. The lowest BCUT2D eigenvalue weighted by Crippen LogP contribution is -2.28. The number of halogens is 1. The Bertz CT molecular complexity index is 652. The lowest BCUT2D eigenvalue weighted by molar-refractivity contribution is -0.124. The molecule has 0 atom stereocenters. The van der Waals surface area contributed by atoms with E-state index in [9.17, 15) is 9.59 Å². The molecule has 2 N–H and O–H groups in total. The van der Waals surface area contributed by atoms with Gasteiger partial charge in [-0.2, -0.15) is 0 Å². The quantitative estimate of drug-likeness (QED) is 0.814. The van der Waals surface area contributed by atoms with E-state index in [2.05, 4.69) is 26.2 Å². The first-order chi connectivity index (χ1) is 10.1. The third kappa shape index (κ3) is 4.46. The molecule has 1 aromatic heterocycles. The Morgan fingerprint density at radius 3 is 2.76 bits per heavy atom. The average molecular weight is 351 g/mol. The van der Waals surface area contributed by atoms with Crippen molar-refractivity contribution in [3.05, 3.63) is 57.8 Å². The van der Waals surface area contributed by atoms with E-state index in [1.807, 2.05) is 31.2 Å². The van der Waals surface area contributed by atoms with Crippen molar-refractivity contribution >= 4 is 27.8 Å². The van der Waals surface area contributed by atoms with Crippen LogP contribution in [0.5, 0.6) is 0 Å². The summed E-state index contributed by atoms with van der Waals surface area (Å²) in [7, 11) is 0. The summed E-state index contributed by atoms with van der Waals surface area (Å²) in [6.45, 7) is 2.09. The monoisotopic (exact) mass is 350 g/mol. The number of rotatable bonds is 5. The topological polar surface area (TPSA) is 71.2 Å². The molecular weight excluding hydrogens is 336 g/mol. The lowest BCUT2D eigenvalue weighted by atomic mass is 10.1. The third-order valence-electron chi connectivity index (χ3n) is 2.94. The number of hydrogen-bond acceptors (Lipinski definition) is 3. The molecule has 1 heterocycles. The van der Waals surface area contributed by atoms with Crippen LogP contribution in [0.3, 0.4) is 0 Å². The largest absolute Gasteiger partial charge is 0.451 e. The molecule has 2 aromatic rings. The number of carbonyl (C=O) groups is 2. The SMILES string of the molecule is Cc1ccccc1CNC(=O)COC(=O)c1cc(Br)c[nH]1. The van der Waals surface area contributed by atoms with Crippen molar-refractivity contribution in [2.45, 2.75) is 13.5 Å². The van der Waals surface area contributed by atoms with E-state index in [-0.39, 0.29) is 12.5 Å². The van der Waals surface area contributed by atoms with Gasteiger partial charge in [0.1, 0.15) is 5.69 Å². The van der Waals surface area contributed by atoms with Gasteiger partial charge in [0.15, 0.2) is 6.61 Å². The fourth-order valence-corrected chi connectivity index (χ4v) is 2.09. The first-order valence-corrected chi connectivity index (χ1v) is 7.18. The van der Waals surface area contributed by atoms with Gasteiger partial charge in [0.25, 0.3) is 5.91 Å². The highest BCUT2D eigenvalue weighted by Crippen LogP contribution is 2.11. The first kappa shape index (κ1) is 15.3. The molecule has 21 heavy (non-hydrogen) atoms. The van der Waals surface area contributed by atoms with E-state index >= 15 is 0 Å². The molecule has 0 aliphatic rings. The van der Waals surface area contributed by atoms with Crippen LogP contribution in [-0.2, 0) is 16.1 Å². The number of nitrogens with one attached hydrogen (secondary N) is 2. The van der Waals surface area contributed by atoms with E-state index in [1.165, 1.54) is 0 Å². The molecule has 6 heteroatoms. The highest BCUT2D eigenvalue weighted by Gasteiger charge is 2.11. The number of ether oxygens (including phenoxy) is 1. The maximum Gasteiger partial charge on any atom is 0.355 e. The standard InChI is InChI=1S/C15H15BrN2O3/c1-10-4-2-3-5-11(10)7-18-14(19)9-21-15(20)13-6-12(16)8-17-13/h2-6,8,17H,7,9H2,1H3,(H,18,19). The van der Waals surface area contributed by atoms with Crippen LogP contribution in [0.1, 0.15) is 21.6 Å². The Morgan fingerprint density at radius 2 is 2.10 bits per heavy atom. The first-order valence-electron chi connectivity index (χ1n) is 6.38. The molecule has 1 aromatic carbocycles. The summed E-state index contributed by atoms with van der Waals surface area (Å²) < 4.78 is 5.67. The van der Waals surface area contributed by atoms with Gasteiger partial charge >= 0.3 is 5.97 Å². The Morgan fingerprint density at radius 1 is 1.33 bits per heavy atom. The van der Waals surface area contributed by atoms with Gasteiger partial charge in [-0.1, -0.05) is 24.3 Å². The summed E-state index contributed by atoms with van der Waals surface area (Å²) in [5.74, 6) is -0.899. The average Bonchev–Trinajstić information content (AvgIpc) is 2.90. The zero-order valence-corrected chi connectivity index (χ0v) is 13.1. The Kier molecular flexibility index (Phi) is 5.16. The number of H-pyrrole nitrogens is 1. The molecule has 0 radical (unpaired) electrons. The van der Waals surface area contributed by atoms with E-state index in [0.717, 1.165) is 15.6 Å². The molecule has 0 aliphatic carbocycles. The highest BCUT2D eigenvalue weighted by molar-refractivity contribution is 9.10. The van der Waals surface area contributed by atoms with Crippen molar-refractivity contribution in [2.24, 2.45) is 0 Å². The van der Waals surface area contributed by atoms with Crippen LogP contribution in [0.25, 0.3) is 0 Å². The predicted molar refractivity (Wildman–Crippen MR) is 81.8 cm³/mol. The number of hydrogen-bond donors (Lipinski definition) is 2. The maximum atomic E-state index is 11.7. The maximum absolute atomic E-state index is 11.7. The molecule has 0 saturated heterocycles. The zero-order chi connectivity index (χ0) is 15.2. The van der Waals surface area contributed by atoms with Crippen LogP contribution in [0.15, 0.2) is 41.0 Å². The summed E-state index contributed by atoms with van der Waals surface area (Å²) in [4.78, 5) is 26.0. The van der Waals surface area contributed by atoms with Crippen molar-refractivity contribution in [3.63, 3.8) is 0 Å². The fraction of sp³-hybridized carbons (Fsp3) is 0.200. The Hall–Kier alpha value is -2.08. The molecule has 110 valence electrons. The second-order valence-electron chi connectivity index (χ2n) is 4.51. The van der Waals surface area contributed by atoms with Crippen molar-refractivity contribution in [2.75, 3.05) is 6.61 Å². The van der Waals surface area contributed by atoms with Crippen LogP contribution in [0.4, 0.5) is 0 Å². The van der Waals surface area contributed by atoms with Gasteiger partial charge in [0, 0.05) is 17.2 Å². The number of aromatic amines is 1. The van der Waals surface area contributed by atoms with Crippen molar-refractivity contribution in [3.8, 4) is 0 Å². The molecule has 0 aliphatic heterocycles. The summed E-state index contributed by atoms with van der Waals surface area (Å²) in [5, 5.41) is 2.72.